The summed E-state index contributed by atoms with van der Waals surface area (Å²) in [5.74, 6) is -1.07. The Balaban J connectivity index is 2.17. The lowest BCUT2D eigenvalue weighted by atomic mass is 10.1. The average molecular weight is 346 g/mol. The van der Waals surface area contributed by atoms with E-state index < -0.39 is 22.6 Å². The molecule has 0 aliphatic carbocycles. The third kappa shape index (κ3) is 3.98. The first kappa shape index (κ1) is 16.8. The molecule has 0 unspecified atom stereocenters. The Hall–Kier alpha value is -2.61. The second kappa shape index (κ2) is 6.25. The number of ether oxygens (including phenoxy) is 1. The molecule has 0 bridgehead atoms. The number of alkyl halides is 3. The van der Waals surface area contributed by atoms with Crippen LogP contribution in [0.3, 0.4) is 0 Å². The molecule has 0 fully saturated rings. The third-order valence-electron chi connectivity index (χ3n) is 2.78. The van der Waals surface area contributed by atoms with Gasteiger partial charge >= 0.3 is 12.1 Å². The molecule has 9 heteroatoms. The van der Waals surface area contributed by atoms with Crippen LogP contribution in [0.15, 0.2) is 42.5 Å². The van der Waals surface area contributed by atoms with Crippen molar-refractivity contribution in [3.05, 3.63) is 68.7 Å². The van der Waals surface area contributed by atoms with Crippen LogP contribution in [0.1, 0.15) is 15.9 Å². The van der Waals surface area contributed by atoms with Gasteiger partial charge in [0, 0.05) is 12.1 Å². The minimum Gasteiger partial charge on any atom is -0.421 e. The summed E-state index contributed by atoms with van der Waals surface area (Å²) in [6.45, 7) is 0. The number of hydrogen-bond donors (Lipinski definition) is 0. The van der Waals surface area contributed by atoms with Crippen molar-refractivity contribution in [1.29, 1.82) is 0 Å². The van der Waals surface area contributed by atoms with Gasteiger partial charge in [-0.05, 0) is 30.3 Å². The van der Waals surface area contributed by atoms with E-state index in [-0.39, 0.29) is 22.0 Å². The Labute approximate surface area is 132 Å². The lowest BCUT2D eigenvalue weighted by Gasteiger charge is -2.08. The number of halogens is 4. The molecule has 0 heterocycles. The highest BCUT2D eigenvalue weighted by Gasteiger charge is 2.30. The quantitative estimate of drug-likeness (QED) is 0.356. The van der Waals surface area contributed by atoms with Crippen LogP contribution < -0.4 is 4.74 Å². The molecule has 0 spiro atoms. The fraction of sp³-hybridized carbons (Fsp3) is 0.0714. The smallest absolute Gasteiger partial charge is 0.416 e. The summed E-state index contributed by atoms with van der Waals surface area (Å²) < 4.78 is 42.2. The summed E-state index contributed by atoms with van der Waals surface area (Å²) in [6.07, 6.45) is -4.51. The minimum absolute atomic E-state index is 0.118. The highest BCUT2D eigenvalue weighted by Crippen LogP contribution is 2.31. The van der Waals surface area contributed by atoms with E-state index in [1.807, 2.05) is 0 Å². The van der Waals surface area contributed by atoms with Gasteiger partial charge in [-0.25, -0.2) is 4.79 Å². The van der Waals surface area contributed by atoms with Crippen molar-refractivity contribution < 1.29 is 27.6 Å². The summed E-state index contributed by atoms with van der Waals surface area (Å²) >= 11 is 5.76. The maximum absolute atomic E-state index is 12.4. The molecule has 0 saturated heterocycles. The highest BCUT2D eigenvalue weighted by molar-refractivity contribution is 6.32. The van der Waals surface area contributed by atoms with Crippen LogP contribution >= 0.6 is 11.6 Å². The predicted molar refractivity (Wildman–Crippen MR) is 74.5 cm³/mol. The van der Waals surface area contributed by atoms with E-state index in [1.54, 1.807) is 0 Å². The first-order chi connectivity index (χ1) is 10.7. The molecular formula is C14H7ClF3NO4. The van der Waals surface area contributed by atoms with E-state index in [1.165, 1.54) is 0 Å². The Morgan fingerprint density at radius 1 is 1.13 bits per heavy atom. The van der Waals surface area contributed by atoms with Crippen LogP contribution in [0.25, 0.3) is 0 Å². The van der Waals surface area contributed by atoms with E-state index in [4.69, 9.17) is 16.3 Å². The van der Waals surface area contributed by atoms with Gasteiger partial charge in [-0.15, -0.1) is 0 Å². The molecule has 0 radical (unpaired) electrons. The maximum atomic E-state index is 12.4. The third-order valence-corrected chi connectivity index (χ3v) is 3.07. The number of rotatable bonds is 3. The zero-order chi connectivity index (χ0) is 17.2. The average Bonchev–Trinajstić information content (AvgIpc) is 2.48. The topological polar surface area (TPSA) is 69.4 Å². The van der Waals surface area contributed by atoms with Gasteiger partial charge in [0.2, 0.25) is 0 Å². The molecule has 2 aromatic carbocycles. The first-order valence-corrected chi connectivity index (χ1v) is 6.39. The van der Waals surface area contributed by atoms with Gasteiger partial charge in [0.15, 0.2) is 0 Å². The van der Waals surface area contributed by atoms with Gasteiger partial charge in [0.05, 0.1) is 21.1 Å². The Morgan fingerprint density at radius 3 is 2.22 bits per heavy atom. The number of benzene rings is 2. The number of nitrogens with zero attached hydrogens (tertiary/aromatic N) is 1. The Morgan fingerprint density at radius 2 is 1.74 bits per heavy atom. The lowest BCUT2D eigenvalue weighted by Crippen LogP contribution is -2.10. The van der Waals surface area contributed by atoms with E-state index in [2.05, 4.69) is 0 Å². The normalized spacial score (nSPS) is 11.1. The maximum Gasteiger partial charge on any atom is 0.416 e. The molecule has 2 aromatic rings. The van der Waals surface area contributed by atoms with E-state index >= 15 is 0 Å². The summed E-state index contributed by atoms with van der Waals surface area (Å²) in [5.41, 5.74) is -1.31. The molecule has 0 saturated carbocycles. The number of carbonyl (C=O) groups is 1. The van der Waals surface area contributed by atoms with Gasteiger partial charge in [-0.2, -0.15) is 13.2 Å². The number of nitro benzene ring substituents is 1. The van der Waals surface area contributed by atoms with Crippen LogP contribution in [0, 0.1) is 10.1 Å². The predicted octanol–water partition coefficient (Wildman–Crippen LogP) is 4.49. The fourth-order valence-corrected chi connectivity index (χ4v) is 1.85. The Bertz CT molecular complexity index is 760. The number of hydrogen-bond acceptors (Lipinski definition) is 4. The lowest BCUT2D eigenvalue weighted by molar-refractivity contribution is -0.384. The molecule has 0 N–H and O–H groups in total. The van der Waals surface area contributed by atoms with Crippen LogP contribution in [0.4, 0.5) is 18.9 Å². The van der Waals surface area contributed by atoms with Crippen molar-refractivity contribution in [3.63, 3.8) is 0 Å². The molecule has 0 amide bonds. The van der Waals surface area contributed by atoms with Crippen molar-refractivity contribution in [3.8, 4) is 5.75 Å². The number of nitro groups is 1. The summed E-state index contributed by atoms with van der Waals surface area (Å²) in [6, 6.07) is 6.62. The van der Waals surface area contributed by atoms with Crippen molar-refractivity contribution in [2.45, 2.75) is 6.18 Å². The number of esters is 1. The Kier molecular flexibility index (Phi) is 4.55. The molecule has 0 aromatic heterocycles. The van der Waals surface area contributed by atoms with Gasteiger partial charge in [-0.1, -0.05) is 11.6 Å². The van der Waals surface area contributed by atoms with Crippen molar-refractivity contribution in [2.24, 2.45) is 0 Å². The summed E-state index contributed by atoms with van der Waals surface area (Å²) in [7, 11) is 0. The van der Waals surface area contributed by atoms with Crippen LogP contribution in [-0.4, -0.2) is 10.9 Å². The molecule has 23 heavy (non-hydrogen) atoms. The monoisotopic (exact) mass is 345 g/mol. The second-order valence-electron chi connectivity index (χ2n) is 4.34. The zero-order valence-electron chi connectivity index (χ0n) is 11.1. The molecule has 0 atom stereocenters. The van der Waals surface area contributed by atoms with Crippen LogP contribution in [0.2, 0.25) is 5.02 Å². The van der Waals surface area contributed by atoms with Gasteiger partial charge < -0.3 is 4.74 Å². The van der Waals surface area contributed by atoms with Crippen molar-refractivity contribution in [2.75, 3.05) is 0 Å². The van der Waals surface area contributed by atoms with Crippen molar-refractivity contribution in [1.82, 2.24) is 0 Å². The largest absolute Gasteiger partial charge is 0.421 e. The number of non-ortho nitro benzene ring substituents is 1. The van der Waals surface area contributed by atoms with Crippen molar-refractivity contribution >= 4 is 23.3 Å². The number of carbonyl (C=O) groups excluding carboxylic acids is 1. The molecule has 0 aliphatic heterocycles. The first-order valence-electron chi connectivity index (χ1n) is 6.02. The van der Waals surface area contributed by atoms with Gasteiger partial charge in [0.25, 0.3) is 5.69 Å². The van der Waals surface area contributed by atoms with E-state index in [9.17, 15) is 28.1 Å². The highest BCUT2D eigenvalue weighted by atomic mass is 35.5. The minimum atomic E-state index is -4.51. The van der Waals surface area contributed by atoms with Crippen LogP contribution in [-0.2, 0) is 6.18 Å². The van der Waals surface area contributed by atoms with Crippen LogP contribution in [0.5, 0.6) is 5.75 Å². The summed E-state index contributed by atoms with van der Waals surface area (Å²) in [4.78, 5) is 21.7. The van der Waals surface area contributed by atoms with E-state index in [0.717, 1.165) is 42.5 Å². The fourth-order valence-electron chi connectivity index (χ4n) is 1.64. The SMILES string of the molecule is O=C(Oc1ccc([N+](=O)[O-])cc1Cl)c1ccc(C(F)(F)F)cc1. The van der Waals surface area contributed by atoms with Gasteiger partial charge in [-0.3, -0.25) is 10.1 Å². The zero-order valence-corrected chi connectivity index (χ0v) is 11.9. The molecule has 5 nitrogen and oxygen atoms in total. The molecular weight excluding hydrogens is 339 g/mol. The standard InChI is InChI=1S/C14H7ClF3NO4/c15-11-7-10(19(21)22)5-6-12(11)23-13(20)8-1-3-9(4-2-8)14(16,17)18/h1-7H. The molecule has 2 rings (SSSR count). The molecule has 120 valence electrons. The second-order valence-corrected chi connectivity index (χ2v) is 4.74. The van der Waals surface area contributed by atoms with E-state index in [0.29, 0.717) is 0 Å². The molecule has 0 aliphatic rings. The summed E-state index contributed by atoms with van der Waals surface area (Å²) in [5, 5.41) is 10.4. The van der Waals surface area contributed by atoms with Gasteiger partial charge in [0.1, 0.15) is 5.75 Å².